The summed E-state index contributed by atoms with van der Waals surface area (Å²) in [6.45, 7) is 2.68. The molecule has 2 N–H and O–H groups in total. The number of amides is 1. The van der Waals surface area contributed by atoms with Crippen LogP contribution in [0.15, 0.2) is 66.9 Å². The topological polar surface area (TPSA) is 63.2 Å². The van der Waals surface area contributed by atoms with Crippen molar-refractivity contribution in [1.82, 2.24) is 4.98 Å². The molecule has 0 aliphatic carbocycles. The summed E-state index contributed by atoms with van der Waals surface area (Å²) in [5, 5.41) is 6.24. The Kier molecular flexibility index (Phi) is 6.05. The van der Waals surface area contributed by atoms with Gasteiger partial charge in [0.15, 0.2) is 0 Å². The van der Waals surface area contributed by atoms with Crippen molar-refractivity contribution in [3.8, 4) is 5.75 Å². The number of nitrogens with zero attached hydrogens (tertiary/aromatic N) is 1. The summed E-state index contributed by atoms with van der Waals surface area (Å²) in [5.41, 5.74) is 4.17. The lowest BCUT2D eigenvalue weighted by molar-refractivity contribution is 0.102. The van der Waals surface area contributed by atoms with Crippen LogP contribution in [0.5, 0.6) is 5.75 Å². The maximum Gasteiger partial charge on any atom is 0.274 e. The van der Waals surface area contributed by atoms with Crippen molar-refractivity contribution in [2.75, 3.05) is 24.3 Å². The molecule has 1 aromatic heterocycles. The van der Waals surface area contributed by atoms with E-state index in [2.05, 4.69) is 15.6 Å². The number of para-hydroxylation sites is 2. The average molecular weight is 361 g/mol. The fraction of sp³-hybridized carbons (Fsp3) is 0.182. The van der Waals surface area contributed by atoms with Gasteiger partial charge in [-0.3, -0.25) is 9.78 Å². The number of carbonyl (C=O) groups is 1. The lowest BCUT2D eigenvalue weighted by atomic mass is 10.1. The summed E-state index contributed by atoms with van der Waals surface area (Å²) in [6.07, 6.45) is 2.45. The van der Waals surface area contributed by atoms with Crippen molar-refractivity contribution in [2.24, 2.45) is 0 Å². The summed E-state index contributed by atoms with van der Waals surface area (Å²) >= 11 is 0. The quantitative estimate of drug-likeness (QED) is 0.658. The minimum atomic E-state index is -0.224. The van der Waals surface area contributed by atoms with Crippen LogP contribution in [0.3, 0.4) is 0 Å². The van der Waals surface area contributed by atoms with E-state index in [9.17, 15) is 4.79 Å². The molecule has 1 heterocycles. The molecule has 0 fully saturated rings. The van der Waals surface area contributed by atoms with Crippen LogP contribution in [-0.4, -0.2) is 24.5 Å². The SMILES string of the molecule is COc1ccccc1CCNc1ccnc(C(=O)Nc2ccccc2C)c1. The zero-order valence-corrected chi connectivity index (χ0v) is 15.5. The van der Waals surface area contributed by atoms with E-state index in [1.165, 1.54) is 0 Å². The number of methoxy groups -OCH3 is 1. The lowest BCUT2D eigenvalue weighted by Crippen LogP contribution is -2.15. The van der Waals surface area contributed by atoms with Crippen LogP contribution in [-0.2, 0) is 6.42 Å². The maximum atomic E-state index is 12.5. The van der Waals surface area contributed by atoms with Crippen molar-refractivity contribution < 1.29 is 9.53 Å². The Labute approximate surface area is 159 Å². The number of carbonyl (C=O) groups excluding carboxylic acids is 1. The third-order valence-corrected chi connectivity index (χ3v) is 4.30. The number of aryl methyl sites for hydroxylation is 1. The van der Waals surface area contributed by atoms with Crippen LogP contribution in [0.2, 0.25) is 0 Å². The van der Waals surface area contributed by atoms with Gasteiger partial charge in [0, 0.05) is 24.1 Å². The normalized spacial score (nSPS) is 10.3. The van der Waals surface area contributed by atoms with Crippen LogP contribution in [0.1, 0.15) is 21.6 Å². The first-order valence-electron chi connectivity index (χ1n) is 8.86. The van der Waals surface area contributed by atoms with E-state index in [0.29, 0.717) is 5.69 Å². The molecule has 0 saturated heterocycles. The Hall–Kier alpha value is -3.34. The van der Waals surface area contributed by atoms with E-state index in [0.717, 1.165) is 41.2 Å². The van der Waals surface area contributed by atoms with E-state index in [1.807, 2.05) is 61.5 Å². The molecule has 1 amide bonds. The highest BCUT2D eigenvalue weighted by Crippen LogP contribution is 2.18. The molecule has 3 rings (SSSR count). The summed E-state index contributed by atoms with van der Waals surface area (Å²) in [4.78, 5) is 16.7. The van der Waals surface area contributed by atoms with Gasteiger partial charge >= 0.3 is 0 Å². The lowest BCUT2D eigenvalue weighted by Gasteiger charge is -2.11. The molecule has 0 radical (unpaired) electrons. The van der Waals surface area contributed by atoms with Crippen LogP contribution in [0.25, 0.3) is 0 Å². The third-order valence-electron chi connectivity index (χ3n) is 4.30. The first-order chi connectivity index (χ1) is 13.2. The maximum absolute atomic E-state index is 12.5. The van der Waals surface area contributed by atoms with E-state index in [1.54, 1.807) is 19.4 Å². The first kappa shape index (κ1) is 18.5. The van der Waals surface area contributed by atoms with Gasteiger partial charge in [0.05, 0.1) is 7.11 Å². The van der Waals surface area contributed by atoms with Gasteiger partial charge in [0.25, 0.3) is 5.91 Å². The fourth-order valence-corrected chi connectivity index (χ4v) is 2.82. The van der Waals surface area contributed by atoms with Gasteiger partial charge in [-0.25, -0.2) is 0 Å². The molecule has 0 bridgehead atoms. The first-order valence-corrected chi connectivity index (χ1v) is 8.86. The van der Waals surface area contributed by atoms with Crippen molar-refractivity contribution in [1.29, 1.82) is 0 Å². The Morgan fingerprint density at radius 1 is 1.07 bits per heavy atom. The van der Waals surface area contributed by atoms with Gasteiger partial charge in [0.2, 0.25) is 0 Å². The second-order valence-corrected chi connectivity index (χ2v) is 6.19. The number of benzene rings is 2. The molecular formula is C22H23N3O2. The molecule has 0 spiro atoms. The van der Waals surface area contributed by atoms with Gasteiger partial charge in [-0.05, 0) is 48.7 Å². The third kappa shape index (κ3) is 4.85. The molecule has 2 aromatic carbocycles. The molecule has 27 heavy (non-hydrogen) atoms. The minimum absolute atomic E-state index is 0.224. The van der Waals surface area contributed by atoms with Gasteiger partial charge in [-0.2, -0.15) is 0 Å². The van der Waals surface area contributed by atoms with Gasteiger partial charge in [-0.15, -0.1) is 0 Å². The van der Waals surface area contributed by atoms with Gasteiger partial charge < -0.3 is 15.4 Å². The average Bonchev–Trinajstić information content (AvgIpc) is 2.70. The van der Waals surface area contributed by atoms with E-state index < -0.39 is 0 Å². The second-order valence-electron chi connectivity index (χ2n) is 6.19. The summed E-state index contributed by atoms with van der Waals surface area (Å²) in [7, 11) is 1.68. The molecule has 3 aromatic rings. The van der Waals surface area contributed by atoms with Crippen LogP contribution in [0.4, 0.5) is 11.4 Å². The summed E-state index contributed by atoms with van der Waals surface area (Å²) in [5.74, 6) is 0.657. The fourth-order valence-electron chi connectivity index (χ4n) is 2.82. The molecular weight excluding hydrogens is 338 g/mol. The number of hydrogen-bond acceptors (Lipinski definition) is 4. The molecule has 5 heteroatoms. The van der Waals surface area contributed by atoms with Crippen molar-refractivity contribution in [3.63, 3.8) is 0 Å². The Balaban J connectivity index is 1.62. The number of anilines is 2. The molecule has 138 valence electrons. The number of aromatic nitrogens is 1. The van der Waals surface area contributed by atoms with E-state index in [-0.39, 0.29) is 5.91 Å². The highest BCUT2D eigenvalue weighted by Gasteiger charge is 2.10. The van der Waals surface area contributed by atoms with E-state index >= 15 is 0 Å². The van der Waals surface area contributed by atoms with Crippen molar-refractivity contribution in [2.45, 2.75) is 13.3 Å². The molecule has 0 saturated carbocycles. The van der Waals surface area contributed by atoms with Crippen LogP contribution < -0.4 is 15.4 Å². The Morgan fingerprint density at radius 2 is 1.85 bits per heavy atom. The number of ether oxygens (including phenoxy) is 1. The predicted molar refractivity (Wildman–Crippen MR) is 109 cm³/mol. The molecule has 0 unspecified atom stereocenters. The smallest absolute Gasteiger partial charge is 0.274 e. The molecule has 5 nitrogen and oxygen atoms in total. The number of pyridine rings is 1. The molecule has 0 aliphatic heterocycles. The zero-order valence-electron chi connectivity index (χ0n) is 15.5. The monoisotopic (exact) mass is 361 g/mol. The summed E-state index contributed by atoms with van der Waals surface area (Å²) < 4.78 is 5.37. The van der Waals surface area contributed by atoms with Crippen LogP contribution in [0, 0.1) is 6.92 Å². The predicted octanol–water partition coefficient (Wildman–Crippen LogP) is 4.31. The van der Waals surface area contributed by atoms with Crippen molar-refractivity contribution >= 4 is 17.3 Å². The Morgan fingerprint density at radius 3 is 2.67 bits per heavy atom. The van der Waals surface area contributed by atoms with Crippen molar-refractivity contribution in [3.05, 3.63) is 83.7 Å². The zero-order chi connectivity index (χ0) is 19.1. The van der Waals surface area contributed by atoms with E-state index in [4.69, 9.17) is 4.74 Å². The van der Waals surface area contributed by atoms with Crippen LogP contribution >= 0.6 is 0 Å². The highest BCUT2D eigenvalue weighted by molar-refractivity contribution is 6.03. The standard InChI is InChI=1S/C22H23N3O2/c1-16-7-3-5-9-19(16)25-22(26)20-15-18(12-14-24-20)23-13-11-17-8-4-6-10-21(17)27-2/h3-10,12,14-15H,11,13H2,1-2H3,(H,23,24)(H,25,26). The minimum Gasteiger partial charge on any atom is -0.496 e. The highest BCUT2D eigenvalue weighted by atomic mass is 16.5. The molecule has 0 atom stereocenters. The Bertz CT molecular complexity index is 925. The largest absolute Gasteiger partial charge is 0.496 e. The summed E-state index contributed by atoms with van der Waals surface area (Å²) in [6, 6.07) is 19.2. The van der Waals surface area contributed by atoms with Gasteiger partial charge in [0.1, 0.15) is 11.4 Å². The number of rotatable bonds is 7. The number of nitrogens with one attached hydrogen (secondary N) is 2. The number of hydrogen-bond donors (Lipinski definition) is 2. The van der Waals surface area contributed by atoms with Gasteiger partial charge in [-0.1, -0.05) is 36.4 Å². The second kappa shape index (κ2) is 8.85. The molecule has 0 aliphatic rings.